The van der Waals surface area contributed by atoms with E-state index in [0.29, 0.717) is 12.6 Å². The standard InChI is InChI=1S/C14H24N4O/c1-9(2)14-16-12(7-13(19)17-14)18-10(3)5-4-6-11(18)8-15/h7,9-11H,4-6,8,15H2,1-3H3,(H,16,17,19). The number of hydrogen-bond donors (Lipinski definition) is 2. The van der Waals surface area contributed by atoms with Crippen LogP contribution in [-0.2, 0) is 0 Å². The maximum atomic E-state index is 11.8. The smallest absolute Gasteiger partial charge is 0.252 e. The number of piperidine rings is 1. The molecule has 2 rings (SSSR count). The summed E-state index contributed by atoms with van der Waals surface area (Å²) < 4.78 is 0. The van der Waals surface area contributed by atoms with Crippen molar-refractivity contribution >= 4 is 5.82 Å². The number of anilines is 1. The second-order valence-corrected chi connectivity index (χ2v) is 5.72. The molecule has 2 unspecified atom stereocenters. The van der Waals surface area contributed by atoms with Gasteiger partial charge in [0, 0.05) is 30.6 Å². The van der Waals surface area contributed by atoms with E-state index in [1.165, 1.54) is 6.42 Å². The molecule has 5 nitrogen and oxygen atoms in total. The summed E-state index contributed by atoms with van der Waals surface area (Å²) in [5.74, 6) is 1.73. The summed E-state index contributed by atoms with van der Waals surface area (Å²) in [4.78, 5) is 21.5. The Balaban J connectivity index is 2.40. The summed E-state index contributed by atoms with van der Waals surface area (Å²) >= 11 is 0. The first kappa shape index (κ1) is 14.1. The molecule has 19 heavy (non-hydrogen) atoms. The third-order valence-electron chi connectivity index (χ3n) is 3.86. The van der Waals surface area contributed by atoms with Crippen molar-refractivity contribution < 1.29 is 0 Å². The highest BCUT2D eigenvalue weighted by Crippen LogP contribution is 2.27. The molecule has 1 saturated heterocycles. The third kappa shape index (κ3) is 2.97. The first-order chi connectivity index (χ1) is 9.02. The second kappa shape index (κ2) is 5.74. The molecule has 0 aliphatic carbocycles. The molecule has 3 N–H and O–H groups in total. The molecule has 1 aromatic heterocycles. The van der Waals surface area contributed by atoms with Crippen molar-refractivity contribution in [1.29, 1.82) is 0 Å². The highest BCUT2D eigenvalue weighted by molar-refractivity contribution is 5.41. The molecule has 106 valence electrons. The van der Waals surface area contributed by atoms with Crippen molar-refractivity contribution in [3.63, 3.8) is 0 Å². The maximum absolute atomic E-state index is 11.8. The zero-order valence-corrected chi connectivity index (χ0v) is 12.0. The van der Waals surface area contributed by atoms with Crippen LogP contribution in [0.2, 0.25) is 0 Å². The van der Waals surface area contributed by atoms with Gasteiger partial charge in [0.25, 0.3) is 5.56 Å². The number of aromatic nitrogens is 2. The fourth-order valence-electron chi connectivity index (χ4n) is 2.80. The van der Waals surface area contributed by atoms with Gasteiger partial charge < -0.3 is 15.6 Å². The van der Waals surface area contributed by atoms with Crippen LogP contribution in [0.5, 0.6) is 0 Å². The lowest BCUT2D eigenvalue weighted by Crippen LogP contribution is -2.49. The molecule has 0 saturated carbocycles. The van der Waals surface area contributed by atoms with Crippen LogP contribution in [0.1, 0.15) is 51.8 Å². The van der Waals surface area contributed by atoms with Crippen LogP contribution in [0, 0.1) is 0 Å². The Hall–Kier alpha value is -1.36. The average Bonchev–Trinajstić information content (AvgIpc) is 2.37. The van der Waals surface area contributed by atoms with Crippen LogP contribution in [0.3, 0.4) is 0 Å². The SMILES string of the molecule is CC(C)c1nc(N2C(C)CCCC2CN)cc(=O)[nH]1. The summed E-state index contributed by atoms with van der Waals surface area (Å²) in [7, 11) is 0. The molecule has 2 atom stereocenters. The van der Waals surface area contributed by atoms with Crippen molar-refractivity contribution in [1.82, 2.24) is 9.97 Å². The molecule has 0 amide bonds. The van der Waals surface area contributed by atoms with Gasteiger partial charge in [0.05, 0.1) is 0 Å². The number of nitrogens with zero attached hydrogens (tertiary/aromatic N) is 2. The normalized spacial score (nSPS) is 23.9. The van der Waals surface area contributed by atoms with Crippen molar-refractivity contribution in [3.05, 3.63) is 22.2 Å². The molecule has 1 aliphatic rings. The Morgan fingerprint density at radius 2 is 2.26 bits per heavy atom. The molecule has 5 heteroatoms. The second-order valence-electron chi connectivity index (χ2n) is 5.72. The molecule has 0 spiro atoms. The van der Waals surface area contributed by atoms with Crippen LogP contribution < -0.4 is 16.2 Å². The number of rotatable bonds is 3. The number of nitrogens with two attached hydrogens (primary N) is 1. The number of H-pyrrole nitrogens is 1. The zero-order chi connectivity index (χ0) is 14.0. The summed E-state index contributed by atoms with van der Waals surface area (Å²) in [6, 6.07) is 2.27. The van der Waals surface area contributed by atoms with Crippen LogP contribution in [0.4, 0.5) is 5.82 Å². The average molecular weight is 264 g/mol. The minimum atomic E-state index is -0.0813. The Kier molecular flexibility index (Phi) is 4.24. The fraction of sp³-hybridized carbons (Fsp3) is 0.714. The van der Waals surface area contributed by atoms with E-state index in [-0.39, 0.29) is 17.5 Å². The van der Waals surface area contributed by atoms with Crippen LogP contribution in [0.25, 0.3) is 0 Å². The van der Waals surface area contributed by atoms with E-state index in [1.54, 1.807) is 6.07 Å². The van der Waals surface area contributed by atoms with E-state index in [1.807, 2.05) is 13.8 Å². The van der Waals surface area contributed by atoms with Crippen molar-refractivity contribution in [2.75, 3.05) is 11.4 Å². The Labute approximate surface area is 114 Å². The highest BCUT2D eigenvalue weighted by Gasteiger charge is 2.28. The lowest BCUT2D eigenvalue weighted by molar-refractivity contribution is 0.397. The van der Waals surface area contributed by atoms with Gasteiger partial charge in [0.1, 0.15) is 11.6 Å². The van der Waals surface area contributed by atoms with E-state index in [4.69, 9.17) is 5.73 Å². The molecule has 1 aliphatic heterocycles. The van der Waals surface area contributed by atoms with Crippen LogP contribution in [-0.4, -0.2) is 28.6 Å². The lowest BCUT2D eigenvalue weighted by atomic mass is 9.96. The first-order valence-corrected chi connectivity index (χ1v) is 7.12. The molecule has 1 aromatic rings. The molecule has 0 radical (unpaired) electrons. The van der Waals surface area contributed by atoms with E-state index in [9.17, 15) is 4.79 Å². The van der Waals surface area contributed by atoms with Crippen LogP contribution >= 0.6 is 0 Å². The molecule has 0 bridgehead atoms. The Bertz CT molecular complexity index is 483. The first-order valence-electron chi connectivity index (χ1n) is 7.12. The molecule has 1 fully saturated rings. The number of hydrogen-bond acceptors (Lipinski definition) is 4. The van der Waals surface area contributed by atoms with Crippen molar-refractivity contribution in [2.45, 2.75) is 58.0 Å². The maximum Gasteiger partial charge on any atom is 0.252 e. The van der Waals surface area contributed by atoms with E-state index in [0.717, 1.165) is 24.5 Å². The van der Waals surface area contributed by atoms with E-state index >= 15 is 0 Å². The van der Waals surface area contributed by atoms with Gasteiger partial charge in [0.2, 0.25) is 0 Å². The summed E-state index contributed by atoms with van der Waals surface area (Å²) in [6.07, 6.45) is 3.40. The van der Waals surface area contributed by atoms with Gasteiger partial charge in [-0.2, -0.15) is 0 Å². The van der Waals surface area contributed by atoms with Gasteiger partial charge in [-0.3, -0.25) is 4.79 Å². The molecule has 0 aromatic carbocycles. The predicted molar refractivity (Wildman–Crippen MR) is 77.6 cm³/mol. The minimum Gasteiger partial charge on any atom is -0.349 e. The topological polar surface area (TPSA) is 75.0 Å². The predicted octanol–water partition coefficient (Wildman–Crippen LogP) is 1.60. The fourth-order valence-corrected chi connectivity index (χ4v) is 2.80. The van der Waals surface area contributed by atoms with Gasteiger partial charge in [0.15, 0.2) is 0 Å². The monoisotopic (exact) mass is 264 g/mol. The van der Waals surface area contributed by atoms with E-state index in [2.05, 4.69) is 21.8 Å². The van der Waals surface area contributed by atoms with Gasteiger partial charge in [-0.05, 0) is 26.2 Å². The summed E-state index contributed by atoms with van der Waals surface area (Å²) in [5.41, 5.74) is 5.79. The minimum absolute atomic E-state index is 0.0813. The van der Waals surface area contributed by atoms with Crippen molar-refractivity contribution in [2.24, 2.45) is 5.73 Å². The van der Waals surface area contributed by atoms with Gasteiger partial charge in [-0.1, -0.05) is 13.8 Å². The van der Waals surface area contributed by atoms with E-state index < -0.39 is 0 Å². The van der Waals surface area contributed by atoms with Gasteiger partial charge >= 0.3 is 0 Å². The number of aromatic amines is 1. The molecular weight excluding hydrogens is 240 g/mol. The quantitative estimate of drug-likeness (QED) is 0.869. The highest BCUT2D eigenvalue weighted by atomic mass is 16.1. The Morgan fingerprint density at radius 1 is 1.53 bits per heavy atom. The summed E-state index contributed by atoms with van der Waals surface area (Å²) in [5, 5.41) is 0. The zero-order valence-electron chi connectivity index (χ0n) is 12.0. The molecule has 2 heterocycles. The number of nitrogens with one attached hydrogen (secondary N) is 1. The van der Waals surface area contributed by atoms with Gasteiger partial charge in [-0.15, -0.1) is 0 Å². The lowest BCUT2D eigenvalue weighted by Gasteiger charge is -2.41. The summed E-state index contributed by atoms with van der Waals surface area (Å²) in [6.45, 7) is 6.85. The van der Waals surface area contributed by atoms with Crippen molar-refractivity contribution in [3.8, 4) is 0 Å². The molecular formula is C14H24N4O. The van der Waals surface area contributed by atoms with Crippen LogP contribution in [0.15, 0.2) is 10.9 Å². The van der Waals surface area contributed by atoms with Gasteiger partial charge in [-0.25, -0.2) is 4.98 Å². The third-order valence-corrected chi connectivity index (χ3v) is 3.86. The largest absolute Gasteiger partial charge is 0.349 e. The Morgan fingerprint density at radius 3 is 2.89 bits per heavy atom.